The molecule has 0 radical (unpaired) electrons. The van der Waals surface area contributed by atoms with E-state index in [2.05, 4.69) is 13.8 Å². The van der Waals surface area contributed by atoms with E-state index in [1.54, 1.807) is 6.20 Å². The molecule has 1 aliphatic carbocycles. The fourth-order valence-electron chi connectivity index (χ4n) is 1.46. The normalized spacial score (nSPS) is 24.0. The number of hydrogen-bond donors (Lipinski definition) is 1. The second-order valence-electron chi connectivity index (χ2n) is 3.39. The fourth-order valence-corrected chi connectivity index (χ4v) is 1.46. The van der Waals surface area contributed by atoms with Gasteiger partial charge in [0.05, 0.1) is 0 Å². The lowest BCUT2D eigenvalue weighted by molar-refractivity contribution is 0.246. The summed E-state index contributed by atoms with van der Waals surface area (Å²) in [6.07, 6.45) is 5.99. The zero-order valence-electron chi connectivity index (χ0n) is 6.93. The Morgan fingerprint density at radius 1 is 1.60 bits per heavy atom. The Morgan fingerprint density at radius 2 is 2.20 bits per heavy atom. The van der Waals surface area contributed by atoms with E-state index in [0.29, 0.717) is 0 Å². The van der Waals surface area contributed by atoms with Crippen molar-refractivity contribution in [2.24, 2.45) is 17.6 Å². The van der Waals surface area contributed by atoms with Crippen molar-refractivity contribution in [2.75, 3.05) is 0 Å². The first kappa shape index (κ1) is 7.64. The van der Waals surface area contributed by atoms with E-state index in [4.69, 9.17) is 5.73 Å². The summed E-state index contributed by atoms with van der Waals surface area (Å²) < 4.78 is 0. The average Bonchev–Trinajstić information content (AvgIpc) is 1.82. The summed E-state index contributed by atoms with van der Waals surface area (Å²) in [4.78, 5) is 0. The molecule has 0 bridgehead atoms. The molecule has 1 rings (SSSR count). The van der Waals surface area contributed by atoms with Crippen molar-refractivity contribution in [1.82, 2.24) is 0 Å². The summed E-state index contributed by atoms with van der Waals surface area (Å²) in [6, 6.07) is 0. The van der Waals surface area contributed by atoms with Gasteiger partial charge in [-0.05, 0) is 37.8 Å². The zero-order valence-corrected chi connectivity index (χ0v) is 6.93. The van der Waals surface area contributed by atoms with Crippen LogP contribution in [0.25, 0.3) is 0 Å². The minimum Gasteiger partial charge on any atom is -0.405 e. The Morgan fingerprint density at radius 3 is 2.50 bits per heavy atom. The van der Waals surface area contributed by atoms with Gasteiger partial charge in [0.25, 0.3) is 0 Å². The maximum atomic E-state index is 5.43. The molecule has 0 heterocycles. The minimum absolute atomic E-state index is 0.721. The molecule has 1 atom stereocenters. The molecule has 0 saturated heterocycles. The first-order valence-electron chi connectivity index (χ1n) is 4.14. The highest BCUT2D eigenvalue weighted by Gasteiger charge is 2.24. The van der Waals surface area contributed by atoms with Gasteiger partial charge in [0.15, 0.2) is 0 Å². The number of hydrogen-bond acceptors (Lipinski definition) is 1. The molecular formula is C9H17N. The van der Waals surface area contributed by atoms with Gasteiger partial charge in [0, 0.05) is 0 Å². The zero-order chi connectivity index (χ0) is 7.56. The van der Waals surface area contributed by atoms with Crippen LogP contribution in [0.3, 0.4) is 0 Å². The third-order valence-electron chi connectivity index (χ3n) is 2.84. The molecule has 10 heavy (non-hydrogen) atoms. The maximum absolute atomic E-state index is 5.43. The van der Waals surface area contributed by atoms with Gasteiger partial charge in [0.2, 0.25) is 0 Å². The third kappa shape index (κ3) is 1.34. The van der Waals surface area contributed by atoms with Crippen LogP contribution in [-0.2, 0) is 0 Å². The van der Waals surface area contributed by atoms with E-state index in [1.165, 1.54) is 24.8 Å². The van der Waals surface area contributed by atoms with Crippen molar-refractivity contribution in [3.05, 3.63) is 11.8 Å². The van der Waals surface area contributed by atoms with E-state index < -0.39 is 0 Å². The van der Waals surface area contributed by atoms with E-state index in [1.807, 2.05) is 0 Å². The second-order valence-corrected chi connectivity index (χ2v) is 3.39. The van der Waals surface area contributed by atoms with E-state index in [0.717, 1.165) is 11.8 Å². The molecule has 2 N–H and O–H groups in total. The van der Waals surface area contributed by atoms with Crippen LogP contribution >= 0.6 is 0 Å². The van der Waals surface area contributed by atoms with Crippen LogP contribution in [0.1, 0.15) is 33.1 Å². The van der Waals surface area contributed by atoms with Crippen molar-refractivity contribution in [1.29, 1.82) is 0 Å². The number of nitrogens with two attached hydrogens (primary N) is 1. The summed E-state index contributed by atoms with van der Waals surface area (Å²) in [5.41, 5.74) is 6.78. The Labute approximate surface area is 63.3 Å². The topological polar surface area (TPSA) is 26.0 Å². The van der Waals surface area contributed by atoms with Crippen molar-refractivity contribution >= 4 is 0 Å². The summed E-state index contributed by atoms with van der Waals surface area (Å²) in [7, 11) is 0. The van der Waals surface area contributed by atoms with Crippen LogP contribution in [0, 0.1) is 11.8 Å². The summed E-state index contributed by atoms with van der Waals surface area (Å²) in [6.45, 7) is 4.41. The van der Waals surface area contributed by atoms with Gasteiger partial charge in [-0.1, -0.05) is 18.9 Å². The standard InChI is InChI=1S/C9H17N/c1-7(6-10)8(2)9-4-3-5-9/h6,8-9H,3-5,10H2,1-2H3/b7-6+. The molecule has 0 aromatic carbocycles. The first-order valence-corrected chi connectivity index (χ1v) is 4.14. The van der Waals surface area contributed by atoms with Gasteiger partial charge in [-0.2, -0.15) is 0 Å². The molecule has 1 unspecified atom stereocenters. The van der Waals surface area contributed by atoms with Gasteiger partial charge in [0.1, 0.15) is 0 Å². The Bertz CT molecular complexity index is 134. The second kappa shape index (κ2) is 3.09. The minimum atomic E-state index is 0.721. The van der Waals surface area contributed by atoms with Gasteiger partial charge in [-0.15, -0.1) is 0 Å². The third-order valence-corrected chi connectivity index (χ3v) is 2.84. The quantitative estimate of drug-likeness (QED) is 0.624. The summed E-state index contributed by atoms with van der Waals surface area (Å²) >= 11 is 0. The average molecular weight is 139 g/mol. The highest BCUT2D eigenvalue weighted by atomic mass is 14.5. The molecule has 0 aromatic heterocycles. The lowest BCUT2D eigenvalue weighted by atomic mass is 9.74. The predicted octanol–water partition coefficient (Wildman–Crippen LogP) is 2.29. The Balaban J connectivity index is 2.39. The molecule has 0 aromatic rings. The molecule has 58 valence electrons. The molecule has 0 amide bonds. The molecule has 1 fully saturated rings. The Kier molecular flexibility index (Phi) is 2.36. The molecular weight excluding hydrogens is 122 g/mol. The van der Waals surface area contributed by atoms with Gasteiger partial charge < -0.3 is 5.73 Å². The van der Waals surface area contributed by atoms with Crippen LogP contribution in [0.15, 0.2) is 11.8 Å². The maximum Gasteiger partial charge on any atom is -0.00705 e. The Hall–Kier alpha value is -0.460. The molecule has 0 aliphatic heterocycles. The predicted molar refractivity (Wildman–Crippen MR) is 44.4 cm³/mol. The van der Waals surface area contributed by atoms with Crippen molar-refractivity contribution < 1.29 is 0 Å². The molecule has 1 aliphatic rings. The van der Waals surface area contributed by atoms with Crippen molar-refractivity contribution in [2.45, 2.75) is 33.1 Å². The molecule has 1 saturated carbocycles. The van der Waals surface area contributed by atoms with Crippen LogP contribution in [-0.4, -0.2) is 0 Å². The van der Waals surface area contributed by atoms with Crippen LogP contribution in [0.2, 0.25) is 0 Å². The monoisotopic (exact) mass is 139 g/mol. The highest BCUT2D eigenvalue weighted by molar-refractivity contribution is 5.02. The number of allylic oxidation sites excluding steroid dienone is 1. The van der Waals surface area contributed by atoms with Crippen LogP contribution in [0.4, 0.5) is 0 Å². The van der Waals surface area contributed by atoms with Crippen LogP contribution in [0.5, 0.6) is 0 Å². The number of rotatable bonds is 2. The molecule has 1 nitrogen and oxygen atoms in total. The molecule has 0 spiro atoms. The van der Waals surface area contributed by atoms with Gasteiger partial charge >= 0.3 is 0 Å². The van der Waals surface area contributed by atoms with Crippen molar-refractivity contribution in [3.8, 4) is 0 Å². The van der Waals surface area contributed by atoms with E-state index in [9.17, 15) is 0 Å². The highest BCUT2D eigenvalue weighted by Crippen LogP contribution is 2.36. The molecule has 1 heteroatoms. The SMILES string of the molecule is C/C(=C\N)C(C)C1CCC1. The van der Waals surface area contributed by atoms with Gasteiger partial charge in [-0.3, -0.25) is 0 Å². The largest absolute Gasteiger partial charge is 0.405 e. The van der Waals surface area contributed by atoms with E-state index in [-0.39, 0.29) is 0 Å². The lowest BCUT2D eigenvalue weighted by Crippen LogP contribution is -2.20. The van der Waals surface area contributed by atoms with E-state index >= 15 is 0 Å². The first-order chi connectivity index (χ1) is 4.75. The lowest BCUT2D eigenvalue weighted by Gasteiger charge is -2.31. The van der Waals surface area contributed by atoms with Gasteiger partial charge in [-0.25, -0.2) is 0 Å². The fraction of sp³-hybridized carbons (Fsp3) is 0.778. The summed E-state index contributed by atoms with van der Waals surface area (Å²) in [5, 5.41) is 0. The smallest absolute Gasteiger partial charge is 0.00705 e. The van der Waals surface area contributed by atoms with Crippen LogP contribution < -0.4 is 5.73 Å². The summed E-state index contributed by atoms with van der Waals surface area (Å²) in [5.74, 6) is 1.65. The van der Waals surface area contributed by atoms with Crippen molar-refractivity contribution in [3.63, 3.8) is 0 Å².